The normalized spacial score (nSPS) is 52.2. The summed E-state index contributed by atoms with van der Waals surface area (Å²) in [7, 11) is 0. The van der Waals surface area contributed by atoms with Crippen molar-refractivity contribution >= 4 is 5.78 Å². The van der Waals surface area contributed by atoms with E-state index in [2.05, 4.69) is 13.8 Å². The average molecular weight is 347 g/mol. The van der Waals surface area contributed by atoms with Gasteiger partial charge in [0.2, 0.25) is 0 Å². The van der Waals surface area contributed by atoms with Gasteiger partial charge >= 0.3 is 0 Å². The van der Waals surface area contributed by atoms with Gasteiger partial charge in [-0.05, 0) is 99.2 Å². The Morgan fingerprint density at radius 1 is 0.960 bits per heavy atom. The van der Waals surface area contributed by atoms with E-state index in [0.29, 0.717) is 17.1 Å². The fraction of sp³-hybridized carbons (Fsp3) is 0.957. The van der Waals surface area contributed by atoms with E-state index in [1.165, 1.54) is 38.5 Å². The molecule has 0 bridgehead atoms. The number of carbonyl (C=O) groups excluding carboxylic acids is 1. The second kappa shape index (κ2) is 6.36. The van der Waals surface area contributed by atoms with Crippen LogP contribution in [0.3, 0.4) is 0 Å². The number of Topliss-reactive ketones (excluding diaryl/α,β-unsaturated/α-hetero) is 1. The molecule has 0 radical (unpaired) electrons. The van der Waals surface area contributed by atoms with Crippen LogP contribution >= 0.6 is 0 Å². The number of aliphatic hydroxyl groups is 1. The van der Waals surface area contributed by atoms with Gasteiger partial charge in [-0.2, -0.15) is 0 Å². The smallest absolute Gasteiger partial charge is 0.136 e. The van der Waals surface area contributed by atoms with Gasteiger partial charge in [-0.15, -0.1) is 0 Å². The molecule has 4 fully saturated rings. The summed E-state index contributed by atoms with van der Waals surface area (Å²) >= 11 is 0. The van der Waals surface area contributed by atoms with Crippen LogP contribution in [0, 0.1) is 40.9 Å². The summed E-state index contributed by atoms with van der Waals surface area (Å²) in [5.74, 6) is 5.03. The fourth-order valence-corrected chi connectivity index (χ4v) is 8.06. The molecule has 0 aromatic heterocycles. The fourth-order valence-electron chi connectivity index (χ4n) is 8.06. The molecule has 0 aromatic rings. The molecule has 25 heavy (non-hydrogen) atoms. The third-order valence-corrected chi connectivity index (χ3v) is 9.50. The largest absolute Gasteiger partial charge is 0.390 e. The molecule has 0 saturated heterocycles. The van der Waals surface area contributed by atoms with Crippen molar-refractivity contribution in [2.24, 2.45) is 40.9 Å². The Kier molecular flexibility index (Phi) is 4.58. The minimum Gasteiger partial charge on any atom is -0.390 e. The molecule has 4 aliphatic rings. The van der Waals surface area contributed by atoms with E-state index >= 15 is 0 Å². The van der Waals surface area contributed by atoms with Crippen LogP contribution in [0.5, 0.6) is 0 Å². The summed E-state index contributed by atoms with van der Waals surface area (Å²) in [6.45, 7) is 6.66. The van der Waals surface area contributed by atoms with Crippen molar-refractivity contribution < 1.29 is 9.90 Å². The van der Waals surface area contributed by atoms with Crippen LogP contribution < -0.4 is 0 Å². The van der Waals surface area contributed by atoms with E-state index in [1.54, 1.807) is 0 Å². The number of hydrogen-bond acceptors (Lipinski definition) is 2. The molecule has 8 atom stereocenters. The van der Waals surface area contributed by atoms with E-state index in [0.717, 1.165) is 61.7 Å². The standard InChI is InChI=1S/C23H38O2/c1-4-21(24)20-9-8-19-18-7-6-15-14-23(25,5-2)13-11-16(15)17(18)10-12-22(19,20)3/h15-20,25H,4-14H2,1-3H3/t15-,16-,17+,18+,19-,20+,22-,23+/m0/s1. The maximum atomic E-state index is 12.5. The predicted octanol–water partition coefficient (Wildman–Crippen LogP) is 5.38. The first-order valence-electron chi connectivity index (χ1n) is 11.2. The van der Waals surface area contributed by atoms with Crippen LogP contribution in [0.15, 0.2) is 0 Å². The molecule has 142 valence electrons. The lowest BCUT2D eigenvalue weighted by atomic mass is 9.48. The van der Waals surface area contributed by atoms with Crippen molar-refractivity contribution in [1.82, 2.24) is 0 Å². The van der Waals surface area contributed by atoms with Gasteiger partial charge in [-0.1, -0.05) is 20.8 Å². The lowest BCUT2D eigenvalue weighted by molar-refractivity contribution is -0.132. The molecule has 0 aliphatic heterocycles. The second-order valence-electron chi connectivity index (χ2n) is 10.3. The third kappa shape index (κ3) is 2.73. The van der Waals surface area contributed by atoms with E-state index in [4.69, 9.17) is 0 Å². The Balaban J connectivity index is 1.52. The minimum absolute atomic E-state index is 0.292. The summed E-state index contributed by atoms with van der Waals surface area (Å²) in [5.41, 5.74) is -0.0803. The number of carbonyl (C=O) groups is 1. The van der Waals surface area contributed by atoms with Crippen molar-refractivity contribution in [2.45, 2.75) is 97.0 Å². The zero-order chi connectivity index (χ0) is 17.8. The molecule has 0 heterocycles. The first-order valence-corrected chi connectivity index (χ1v) is 11.2. The third-order valence-electron chi connectivity index (χ3n) is 9.50. The number of fused-ring (bicyclic) bond motifs is 5. The molecule has 0 unspecified atom stereocenters. The van der Waals surface area contributed by atoms with Crippen molar-refractivity contribution in [1.29, 1.82) is 0 Å². The highest BCUT2D eigenvalue weighted by molar-refractivity contribution is 5.81. The van der Waals surface area contributed by atoms with Crippen molar-refractivity contribution in [3.05, 3.63) is 0 Å². The van der Waals surface area contributed by atoms with Crippen LogP contribution in [-0.2, 0) is 4.79 Å². The summed E-state index contributed by atoms with van der Waals surface area (Å²) in [5, 5.41) is 10.8. The van der Waals surface area contributed by atoms with Crippen molar-refractivity contribution in [2.75, 3.05) is 0 Å². The molecule has 0 spiro atoms. The number of ketones is 1. The zero-order valence-corrected chi connectivity index (χ0v) is 16.6. The zero-order valence-electron chi connectivity index (χ0n) is 16.6. The maximum Gasteiger partial charge on any atom is 0.136 e. The first kappa shape index (κ1) is 18.0. The molecule has 2 heteroatoms. The predicted molar refractivity (Wildman–Crippen MR) is 101 cm³/mol. The number of rotatable bonds is 3. The van der Waals surface area contributed by atoms with Gasteiger partial charge in [-0.3, -0.25) is 4.79 Å². The van der Waals surface area contributed by atoms with Crippen molar-refractivity contribution in [3.8, 4) is 0 Å². The summed E-state index contributed by atoms with van der Waals surface area (Å²) in [4.78, 5) is 12.5. The highest BCUT2D eigenvalue weighted by atomic mass is 16.3. The summed E-state index contributed by atoms with van der Waals surface area (Å²) in [6.07, 6.45) is 12.7. The molecule has 2 nitrogen and oxygen atoms in total. The van der Waals surface area contributed by atoms with Gasteiger partial charge in [0, 0.05) is 12.3 Å². The molecular weight excluding hydrogens is 308 g/mol. The molecule has 4 saturated carbocycles. The molecule has 4 rings (SSSR count). The molecule has 0 aromatic carbocycles. The monoisotopic (exact) mass is 346 g/mol. The number of hydrogen-bond donors (Lipinski definition) is 1. The Hall–Kier alpha value is -0.370. The summed E-state index contributed by atoms with van der Waals surface area (Å²) in [6, 6.07) is 0. The first-order chi connectivity index (χ1) is 11.9. The van der Waals surface area contributed by atoms with Crippen molar-refractivity contribution in [3.63, 3.8) is 0 Å². The Labute approximate surface area is 154 Å². The molecule has 0 amide bonds. The Bertz CT molecular complexity index is 528. The average Bonchev–Trinajstić information content (AvgIpc) is 2.98. The highest BCUT2D eigenvalue weighted by Gasteiger charge is 2.58. The SMILES string of the molecule is CCC(=O)[C@H]1CC[C@H]2[C@@H]3CC[C@H]4C[C@@](O)(CC)CC[C@@H]4[C@H]3CC[C@]12C. The van der Waals surface area contributed by atoms with E-state index in [-0.39, 0.29) is 5.60 Å². The van der Waals surface area contributed by atoms with E-state index in [9.17, 15) is 9.90 Å². The van der Waals surface area contributed by atoms with Crippen LogP contribution in [0.2, 0.25) is 0 Å². The van der Waals surface area contributed by atoms with Gasteiger partial charge in [0.05, 0.1) is 5.60 Å². The topological polar surface area (TPSA) is 37.3 Å². The Morgan fingerprint density at radius 2 is 1.72 bits per heavy atom. The molecular formula is C23H38O2. The molecule has 1 N–H and O–H groups in total. The van der Waals surface area contributed by atoms with Gasteiger partial charge in [0.1, 0.15) is 5.78 Å². The minimum atomic E-state index is -0.372. The summed E-state index contributed by atoms with van der Waals surface area (Å²) < 4.78 is 0. The van der Waals surface area contributed by atoms with Gasteiger partial charge in [0.25, 0.3) is 0 Å². The maximum absolute atomic E-state index is 12.5. The van der Waals surface area contributed by atoms with Gasteiger partial charge in [0.15, 0.2) is 0 Å². The highest BCUT2D eigenvalue weighted by Crippen LogP contribution is 2.64. The van der Waals surface area contributed by atoms with Crippen LogP contribution in [-0.4, -0.2) is 16.5 Å². The second-order valence-corrected chi connectivity index (χ2v) is 10.3. The van der Waals surface area contributed by atoms with Gasteiger partial charge in [-0.25, -0.2) is 0 Å². The lowest BCUT2D eigenvalue weighted by Crippen LogP contribution is -2.51. The van der Waals surface area contributed by atoms with E-state index < -0.39 is 0 Å². The van der Waals surface area contributed by atoms with Crippen LogP contribution in [0.25, 0.3) is 0 Å². The lowest BCUT2D eigenvalue weighted by Gasteiger charge is -2.57. The quantitative estimate of drug-likeness (QED) is 0.745. The van der Waals surface area contributed by atoms with Crippen LogP contribution in [0.1, 0.15) is 91.4 Å². The van der Waals surface area contributed by atoms with Crippen LogP contribution in [0.4, 0.5) is 0 Å². The van der Waals surface area contributed by atoms with E-state index in [1.807, 2.05) is 6.92 Å². The van der Waals surface area contributed by atoms with Gasteiger partial charge < -0.3 is 5.11 Å². The molecule has 4 aliphatic carbocycles. The Morgan fingerprint density at radius 3 is 2.44 bits per heavy atom.